The molecule has 0 aliphatic rings. The molecule has 2 heterocycles. The van der Waals surface area contributed by atoms with Crippen LogP contribution in [0.1, 0.15) is 27.2 Å². The van der Waals surface area contributed by atoms with Crippen LogP contribution in [0.25, 0.3) is 6.08 Å². The van der Waals surface area contributed by atoms with Gasteiger partial charge in [0.05, 0.1) is 30.3 Å². The molecule has 3 aromatic rings. The molecule has 0 aliphatic carbocycles. The standard InChI is InChI=1S/C19H19N5O4/c1-13-17(10-20-22(13)2)18(25)6-4-14-5-7-19(28-3)15(8-14)11-23-12-16(9-21-23)24(26)27/h4-10,12H,11H2,1-3H3/b6-4+. The molecule has 144 valence electrons. The number of allylic oxidation sites excluding steroid dienone is 1. The molecule has 0 saturated carbocycles. The van der Waals surface area contributed by atoms with Crippen LogP contribution in [0.2, 0.25) is 0 Å². The van der Waals surface area contributed by atoms with Gasteiger partial charge in [-0.3, -0.25) is 24.3 Å². The summed E-state index contributed by atoms with van der Waals surface area (Å²) in [6, 6.07) is 5.46. The normalized spacial score (nSPS) is 11.1. The number of aryl methyl sites for hydroxylation is 1. The van der Waals surface area contributed by atoms with Crippen LogP contribution in [0.15, 0.2) is 42.9 Å². The van der Waals surface area contributed by atoms with Crippen LogP contribution in [0, 0.1) is 17.0 Å². The largest absolute Gasteiger partial charge is 0.496 e. The molecular weight excluding hydrogens is 362 g/mol. The molecule has 0 bridgehead atoms. The van der Waals surface area contributed by atoms with Crippen LogP contribution in [-0.4, -0.2) is 37.4 Å². The quantitative estimate of drug-likeness (QED) is 0.270. The first-order valence-electron chi connectivity index (χ1n) is 8.44. The summed E-state index contributed by atoms with van der Waals surface area (Å²) in [5.74, 6) is 0.496. The van der Waals surface area contributed by atoms with Crippen molar-refractivity contribution >= 4 is 17.5 Å². The van der Waals surface area contributed by atoms with Crippen molar-refractivity contribution in [3.8, 4) is 5.75 Å². The van der Waals surface area contributed by atoms with Crippen molar-refractivity contribution in [1.29, 1.82) is 0 Å². The van der Waals surface area contributed by atoms with Crippen LogP contribution in [0.4, 0.5) is 5.69 Å². The Kier molecular flexibility index (Phi) is 5.35. The van der Waals surface area contributed by atoms with Crippen molar-refractivity contribution in [3.05, 3.63) is 75.4 Å². The lowest BCUT2D eigenvalue weighted by molar-refractivity contribution is -0.385. The van der Waals surface area contributed by atoms with Crippen molar-refractivity contribution in [3.63, 3.8) is 0 Å². The van der Waals surface area contributed by atoms with E-state index in [1.165, 1.54) is 23.2 Å². The minimum absolute atomic E-state index is 0.0764. The zero-order valence-corrected chi connectivity index (χ0v) is 15.7. The van der Waals surface area contributed by atoms with Crippen LogP contribution in [0.3, 0.4) is 0 Å². The minimum atomic E-state index is -0.494. The van der Waals surface area contributed by atoms with Gasteiger partial charge in [0.15, 0.2) is 5.78 Å². The number of hydrogen-bond donors (Lipinski definition) is 0. The molecule has 9 heteroatoms. The number of benzene rings is 1. The average Bonchev–Trinajstić information content (AvgIpc) is 3.27. The van der Waals surface area contributed by atoms with E-state index in [0.29, 0.717) is 17.9 Å². The number of ether oxygens (including phenoxy) is 1. The molecule has 28 heavy (non-hydrogen) atoms. The maximum atomic E-state index is 12.4. The van der Waals surface area contributed by atoms with Crippen LogP contribution in [-0.2, 0) is 13.6 Å². The van der Waals surface area contributed by atoms with E-state index >= 15 is 0 Å². The Hall–Kier alpha value is -3.75. The summed E-state index contributed by atoms with van der Waals surface area (Å²) in [4.78, 5) is 22.7. The molecular formula is C19H19N5O4. The van der Waals surface area contributed by atoms with Gasteiger partial charge in [0.2, 0.25) is 0 Å². The first-order valence-corrected chi connectivity index (χ1v) is 8.44. The Morgan fingerprint density at radius 1 is 1.32 bits per heavy atom. The highest BCUT2D eigenvalue weighted by Crippen LogP contribution is 2.22. The number of nitrogens with zero attached hydrogens (tertiary/aromatic N) is 5. The Balaban J connectivity index is 1.82. The Bertz CT molecular complexity index is 1060. The molecule has 0 fully saturated rings. The third-order valence-electron chi connectivity index (χ3n) is 4.40. The van der Waals surface area contributed by atoms with Gasteiger partial charge >= 0.3 is 5.69 Å². The van der Waals surface area contributed by atoms with Gasteiger partial charge in [-0.2, -0.15) is 10.2 Å². The van der Waals surface area contributed by atoms with E-state index in [2.05, 4.69) is 10.2 Å². The summed E-state index contributed by atoms with van der Waals surface area (Å²) >= 11 is 0. The summed E-state index contributed by atoms with van der Waals surface area (Å²) in [6.07, 6.45) is 7.31. The van der Waals surface area contributed by atoms with Crippen LogP contribution < -0.4 is 4.74 Å². The Morgan fingerprint density at radius 2 is 2.11 bits per heavy atom. The molecule has 0 atom stereocenters. The van der Waals surface area contributed by atoms with Gasteiger partial charge in [-0.25, -0.2) is 0 Å². The predicted octanol–water partition coefficient (Wildman–Crippen LogP) is 2.79. The lowest BCUT2D eigenvalue weighted by Crippen LogP contribution is -2.03. The van der Waals surface area contributed by atoms with Gasteiger partial charge in [0.25, 0.3) is 0 Å². The lowest BCUT2D eigenvalue weighted by Gasteiger charge is -2.09. The number of hydrogen-bond acceptors (Lipinski definition) is 6. The average molecular weight is 381 g/mol. The monoisotopic (exact) mass is 381 g/mol. The number of aromatic nitrogens is 4. The molecule has 0 spiro atoms. The highest BCUT2D eigenvalue weighted by Gasteiger charge is 2.12. The van der Waals surface area contributed by atoms with E-state index in [9.17, 15) is 14.9 Å². The van der Waals surface area contributed by atoms with E-state index in [-0.39, 0.29) is 11.5 Å². The fourth-order valence-electron chi connectivity index (χ4n) is 2.74. The van der Waals surface area contributed by atoms with Gasteiger partial charge in [-0.15, -0.1) is 0 Å². The zero-order valence-electron chi connectivity index (χ0n) is 15.7. The Labute approximate surface area is 161 Å². The fourth-order valence-corrected chi connectivity index (χ4v) is 2.74. The molecule has 1 aromatic carbocycles. The minimum Gasteiger partial charge on any atom is -0.496 e. The van der Waals surface area contributed by atoms with Crippen LogP contribution in [0.5, 0.6) is 5.75 Å². The van der Waals surface area contributed by atoms with E-state index in [1.54, 1.807) is 37.2 Å². The summed E-state index contributed by atoms with van der Waals surface area (Å²) in [5, 5.41) is 18.9. The second-order valence-corrected chi connectivity index (χ2v) is 6.19. The van der Waals surface area contributed by atoms with Gasteiger partial charge in [-0.1, -0.05) is 12.1 Å². The SMILES string of the molecule is COc1ccc(/C=C/C(=O)c2cnn(C)c2C)cc1Cn1cc([N+](=O)[O-])cn1. The molecule has 2 aromatic heterocycles. The molecule has 9 nitrogen and oxygen atoms in total. The summed E-state index contributed by atoms with van der Waals surface area (Å²) < 4.78 is 8.48. The second-order valence-electron chi connectivity index (χ2n) is 6.19. The number of carbonyl (C=O) groups excluding carboxylic acids is 1. The van der Waals surface area contributed by atoms with E-state index in [0.717, 1.165) is 16.8 Å². The predicted molar refractivity (Wildman–Crippen MR) is 102 cm³/mol. The third kappa shape index (κ3) is 3.98. The molecule has 0 unspecified atom stereocenters. The number of methoxy groups -OCH3 is 1. The number of carbonyl (C=O) groups is 1. The van der Waals surface area contributed by atoms with Gasteiger partial charge < -0.3 is 4.74 Å². The molecule has 0 radical (unpaired) electrons. The topological polar surface area (TPSA) is 105 Å². The zero-order chi connectivity index (χ0) is 20.3. The molecule has 3 rings (SSSR count). The summed E-state index contributed by atoms with van der Waals surface area (Å²) in [5.41, 5.74) is 2.86. The fraction of sp³-hybridized carbons (Fsp3) is 0.211. The third-order valence-corrected chi connectivity index (χ3v) is 4.40. The molecule has 0 saturated heterocycles. The smallest absolute Gasteiger partial charge is 0.307 e. The maximum absolute atomic E-state index is 12.4. The van der Waals surface area contributed by atoms with E-state index in [4.69, 9.17) is 4.74 Å². The van der Waals surface area contributed by atoms with Gasteiger partial charge in [0.1, 0.15) is 18.1 Å². The first kappa shape index (κ1) is 19.0. The highest BCUT2D eigenvalue weighted by molar-refractivity contribution is 6.07. The Morgan fingerprint density at radius 3 is 2.71 bits per heavy atom. The van der Waals surface area contributed by atoms with Crippen molar-refractivity contribution in [1.82, 2.24) is 19.6 Å². The summed E-state index contributed by atoms with van der Waals surface area (Å²) in [6.45, 7) is 2.14. The highest BCUT2D eigenvalue weighted by atomic mass is 16.6. The maximum Gasteiger partial charge on any atom is 0.307 e. The van der Waals surface area contributed by atoms with E-state index in [1.807, 2.05) is 19.1 Å². The summed E-state index contributed by atoms with van der Waals surface area (Å²) in [7, 11) is 3.33. The van der Waals surface area contributed by atoms with Crippen molar-refractivity contribution in [2.24, 2.45) is 7.05 Å². The van der Waals surface area contributed by atoms with Crippen molar-refractivity contribution in [2.75, 3.05) is 7.11 Å². The second kappa shape index (κ2) is 7.87. The first-order chi connectivity index (χ1) is 13.4. The van der Waals surface area contributed by atoms with Crippen molar-refractivity contribution < 1.29 is 14.5 Å². The van der Waals surface area contributed by atoms with E-state index < -0.39 is 4.92 Å². The number of ketones is 1. The van der Waals surface area contributed by atoms with Crippen molar-refractivity contribution in [2.45, 2.75) is 13.5 Å². The molecule has 0 amide bonds. The molecule has 0 aliphatic heterocycles. The number of nitro groups is 1. The lowest BCUT2D eigenvalue weighted by atomic mass is 10.1. The van der Waals surface area contributed by atoms with Gasteiger partial charge in [0, 0.05) is 18.3 Å². The van der Waals surface area contributed by atoms with Crippen LogP contribution >= 0.6 is 0 Å². The molecule has 0 N–H and O–H groups in total. The number of rotatable bonds is 7. The van der Waals surface area contributed by atoms with Gasteiger partial charge in [-0.05, 0) is 30.7 Å².